The minimum atomic E-state index is -0.544. The number of hydrogen-bond acceptors (Lipinski definition) is 3. The molecule has 0 spiro atoms. The number of nitrogens with two attached hydrogens (primary N) is 1. The molecular formula is C11H9N3O. The summed E-state index contributed by atoms with van der Waals surface area (Å²) in [5.41, 5.74) is 7.44. The van der Waals surface area contributed by atoms with E-state index in [0.29, 0.717) is 0 Å². The van der Waals surface area contributed by atoms with E-state index < -0.39 is 6.04 Å². The van der Waals surface area contributed by atoms with Gasteiger partial charge in [-0.3, -0.25) is 9.78 Å². The summed E-state index contributed by atoms with van der Waals surface area (Å²) in [6.45, 7) is 0. The maximum atomic E-state index is 11.4. The van der Waals surface area contributed by atoms with Crippen molar-refractivity contribution in [2.24, 2.45) is 5.73 Å². The molecule has 2 heterocycles. The van der Waals surface area contributed by atoms with Gasteiger partial charge in [0.1, 0.15) is 6.04 Å². The lowest BCUT2D eigenvalue weighted by Gasteiger charge is -2.04. The molecule has 1 unspecified atom stereocenters. The number of hydrogen-bond donors (Lipinski definition) is 2. The van der Waals surface area contributed by atoms with Crippen LogP contribution in [0.1, 0.15) is 11.6 Å². The molecule has 1 aliphatic rings. The highest BCUT2D eigenvalue weighted by molar-refractivity contribution is 6.10. The molecule has 4 nitrogen and oxygen atoms in total. The molecule has 1 aromatic carbocycles. The van der Waals surface area contributed by atoms with Gasteiger partial charge in [-0.05, 0) is 6.07 Å². The molecule has 2 aromatic rings. The number of fused-ring (bicyclic) bond motifs is 3. The lowest BCUT2D eigenvalue weighted by atomic mass is 10.0. The molecule has 0 saturated carbocycles. The van der Waals surface area contributed by atoms with E-state index in [9.17, 15) is 4.79 Å². The third-order valence-corrected chi connectivity index (χ3v) is 2.72. The Bertz CT molecular complexity index is 565. The van der Waals surface area contributed by atoms with E-state index in [1.807, 2.05) is 18.2 Å². The summed E-state index contributed by atoms with van der Waals surface area (Å²) in [5, 5.41) is 4.79. The highest BCUT2D eigenvalue weighted by Crippen LogP contribution is 2.35. The van der Waals surface area contributed by atoms with Gasteiger partial charge in [-0.2, -0.15) is 0 Å². The maximum Gasteiger partial charge on any atom is 0.245 e. The fourth-order valence-electron chi connectivity index (χ4n) is 1.93. The van der Waals surface area contributed by atoms with Crippen LogP contribution in [0.2, 0.25) is 0 Å². The van der Waals surface area contributed by atoms with Crippen molar-refractivity contribution >= 4 is 22.4 Å². The molecule has 15 heavy (non-hydrogen) atoms. The lowest BCUT2D eigenvalue weighted by molar-refractivity contribution is -0.116. The largest absolute Gasteiger partial charge is 0.324 e. The predicted octanol–water partition coefficient (Wildman–Crippen LogP) is 1.19. The second-order valence-corrected chi connectivity index (χ2v) is 3.59. The summed E-state index contributed by atoms with van der Waals surface area (Å²) < 4.78 is 0. The summed E-state index contributed by atoms with van der Waals surface area (Å²) in [6.07, 6.45) is 3.48. The molecule has 1 amide bonds. The van der Waals surface area contributed by atoms with Gasteiger partial charge < -0.3 is 11.1 Å². The first-order valence-electron chi connectivity index (χ1n) is 4.70. The van der Waals surface area contributed by atoms with Crippen LogP contribution in [0.15, 0.2) is 30.6 Å². The highest BCUT2D eigenvalue weighted by atomic mass is 16.2. The van der Waals surface area contributed by atoms with E-state index in [2.05, 4.69) is 10.3 Å². The minimum absolute atomic E-state index is 0.144. The van der Waals surface area contributed by atoms with Crippen LogP contribution in [0.25, 0.3) is 10.8 Å². The van der Waals surface area contributed by atoms with Gasteiger partial charge in [0.25, 0.3) is 0 Å². The lowest BCUT2D eigenvalue weighted by Crippen LogP contribution is -2.19. The average Bonchev–Trinajstić information content (AvgIpc) is 2.56. The molecule has 0 fully saturated rings. The second kappa shape index (κ2) is 2.77. The van der Waals surface area contributed by atoms with Gasteiger partial charge in [-0.15, -0.1) is 0 Å². The van der Waals surface area contributed by atoms with Crippen molar-refractivity contribution < 1.29 is 4.79 Å². The van der Waals surface area contributed by atoms with Gasteiger partial charge in [0.15, 0.2) is 0 Å². The number of nitrogens with zero attached hydrogens (tertiary/aromatic N) is 1. The average molecular weight is 199 g/mol. The summed E-state index contributed by atoms with van der Waals surface area (Å²) in [5.74, 6) is -0.144. The number of anilines is 1. The van der Waals surface area contributed by atoms with Crippen molar-refractivity contribution in [3.63, 3.8) is 0 Å². The third-order valence-electron chi connectivity index (χ3n) is 2.72. The number of carbonyl (C=O) groups is 1. The highest BCUT2D eigenvalue weighted by Gasteiger charge is 2.28. The van der Waals surface area contributed by atoms with Crippen molar-refractivity contribution in [2.75, 3.05) is 5.32 Å². The van der Waals surface area contributed by atoms with Crippen LogP contribution in [0.4, 0.5) is 5.69 Å². The van der Waals surface area contributed by atoms with Crippen LogP contribution in [-0.2, 0) is 4.79 Å². The Hall–Kier alpha value is -1.94. The Morgan fingerprint density at radius 1 is 1.33 bits per heavy atom. The Balaban J connectivity index is 2.38. The zero-order valence-corrected chi connectivity index (χ0v) is 7.90. The Morgan fingerprint density at radius 3 is 3.07 bits per heavy atom. The molecule has 4 heteroatoms. The van der Waals surface area contributed by atoms with Crippen molar-refractivity contribution in [1.82, 2.24) is 4.98 Å². The standard InChI is InChI=1S/C11H9N3O/c12-9-8-2-1-6-5-13-4-3-7(6)10(8)14-11(9)15/h1-5,9H,12H2,(H,14,15). The molecule has 1 atom stereocenters. The van der Waals surface area contributed by atoms with Crippen LogP contribution in [0, 0.1) is 0 Å². The second-order valence-electron chi connectivity index (χ2n) is 3.59. The Morgan fingerprint density at radius 2 is 2.20 bits per heavy atom. The molecule has 3 rings (SSSR count). The number of benzene rings is 1. The first kappa shape index (κ1) is 8.38. The van der Waals surface area contributed by atoms with Crippen LogP contribution in [0.3, 0.4) is 0 Å². The van der Waals surface area contributed by atoms with Gasteiger partial charge in [-0.1, -0.05) is 12.1 Å². The molecule has 0 saturated heterocycles. The van der Waals surface area contributed by atoms with Gasteiger partial charge in [0, 0.05) is 28.7 Å². The van der Waals surface area contributed by atoms with E-state index in [4.69, 9.17) is 5.73 Å². The number of rotatable bonds is 0. The zero-order valence-electron chi connectivity index (χ0n) is 7.90. The SMILES string of the molecule is NC1C(=O)Nc2c1ccc1cnccc21. The predicted molar refractivity (Wildman–Crippen MR) is 57.3 cm³/mol. The number of carbonyl (C=O) groups excluding carboxylic acids is 1. The zero-order chi connectivity index (χ0) is 10.4. The molecule has 0 aliphatic carbocycles. The number of aromatic nitrogens is 1. The quantitative estimate of drug-likeness (QED) is 0.669. The van der Waals surface area contributed by atoms with Crippen LogP contribution < -0.4 is 11.1 Å². The fourth-order valence-corrected chi connectivity index (χ4v) is 1.93. The molecule has 1 aliphatic heterocycles. The minimum Gasteiger partial charge on any atom is -0.324 e. The van der Waals surface area contributed by atoms with E-state index in [0.717, 1.165) is 22.0 Å². The number of amides is 1. The summed E-state index contributed by atoms with van der Waals surface area (Å²) in [6, 6.07) is 5.15. The van der Waals surface area contributed by atoms with Gasteiger partial charge >= 0.3 is 0 Å². The topological polar surface area (TPSA) is 68.0 Å². The van der Waals surface area contributed by atoms with Gasteiger partial charge in [0.05, 0.1) is 5.69 Å². The smallest absolute Gasteiger partial charge is 0.245 e. The van der Waals surface area contributed by atoms with E-state index >= 15 is 0 Å². The Kier molecular flexibility index (Phi) is 1.55. The van der Waals surface area contributed by atoms with Gasteiger partial charge in [0.2, 0.25) is 5.91 Å². The van der Waals surface area contributed by atoms with E-state index in [1.54, 1.807) is 12.4 Å². The van der Waals surface area contributed by atoms with Crippen LogP contribution >= 0.6 is 0 Å². The first-order chi connectivity index (χ1) is 7.27. The van der Waals surface area contributed by atoms with Crippen molar-refractivity contribution in [3.05, 3.63) is 36.2 Å². The van der Waals surface area contributed by atoms with E-state index in [-0.39, 0.29) is 5.91 Å². The number of nitrogens with one attached hydrogen (secondary N) is 1. The van der Waals surface area contributed by atoms with Crippen molar-refractivity contribution in [1.29, 1.82) is 0 Å². The molecular weight excluding hydrogens is 190 g/mol. The van der Waals surface area contributed by atoms with Crippen LogP contribution in [0.5, 0.6) is 0 Å². The molecule has 1 aromatic heterocycles. The third kappa shape index (κ3) is 1.05. The number of pyridine rings is 1. The maximum absolute atomic E-state index is 11.4. The van der Waals surface area contributed by atoms with Crippen molar-refractivity contribution in [3.8, 4) is 0 Å². The van der Waals surface area contributed by atoms with E-state index in [1.165, 1.54) is 0 Å². The normalized spacial score (nSPS) is 19.0. The molecule has 74 valence electrons. The molecule has 0 radical (unpaired) electrons. The van der Waals surface area contributed by atoms with Gasteiger partial charge in [-0.25, -0.2) is 0 Å². The summed E-state index contributed by atoms with van der Waals surface area (Å²) in [4.78, 5) is 15.5. The summed E-state index contributed by atoms with van der Waals surface area (Å²) >= 11 is 0. The molecule has 3 N–H and O–H groups in total. The Labute approximate surface area is 86.1 Å². The molecule has 0 bridgehead atoms. The van der Waals surface area contributed by atoms with Crippen LogP contribution in [-0.4, -0.2) is 10.9 Å². The first-order valence-corrected chi connectivity index (χ1v) is 4.70. The monoisotopic (exact) mass is 199 g/mol. The fraction of sp³-hybridized carbons (Fsp3) is 0.0909. The van der Waals surface area contributed by atoms with Crippen molar-refractivity contribution in [2.45, 2.75) is 6.04 Å². The summed E-state index contributed by atoms with van der Waals surface area (Å²) in [7, 11) is 0.